The van der Waals surface area contributed by atoms with E-state index in [1.54, 1.807) is 23.1 Å². The van der Waals surface area contributed by atoms with Gasteiger partial charge in [0.25, 0.3) is 0 Å². The number of amides is 1. The molecule has 1 fully saturated rings. The van der Waals surface area contributed by atoms with Crippen molar-refractivity contribution in [2.75, 3.05) is 39.5 Å². The van der Waals surface area contributed by atoms with Crippen molar-refractivity contribution in [1.29, 1.82) is 0 Å². The van der Waals surface area contributed by atoms with Crippen LogP contribution >= 0.6 is 11.6 Å². The van der Waals surface area contributed by atoms with Crippen molar-refractivity contribution in [3.63, 3.8) is 0 Å². The second-order valence-electron chi connectivity index (χ2n) is 4.80. The van der Waals surface area contributed by atoms with E-state index >= 15 is 0 Å². The lowest BCUT2D eigenvalue weighted by molar-refractivity contribution is -0.129. The largest absolute Gasteiger partial charge is 0.486 e. The number of ether oxygens (including phenoxy) is 3. The molecule has 2 heterocycles. The fraction of sp³-hybridized carbons (Fsp3) is 0.400. The third-order valence-corrected chi connectivity index (χ3v) is 3.64. The minimum atomic E-state index is -0.0238. The maximum atomic E-state index is 12.0. The van der Waals surface area contributed by atoms with Crippen molar-refractivity contribution in [3.8, 4) is 11.5 Å². The molecule has 0 aromatic heterocycles. The molecule has 3 rings (SSSR count). The molecule has 0 N–H and O–H groups in total. The summed E-state index contributed by atoms with van der Waals surface area (Å²) >= 11 is 6.16. The Hall–Kier alpha value is -1.72. The first-order valence-electron chi connectivity index (χ1n) is 6.88. The summed E-state index contributed by atoms with van der Waals surface area (Å²) in [5.41, 5.74) is 0.811. The van der Waals surface area contributed by atoms with Crippen LogP contribution < -0.4 is 9.47 Å². The van der Waals surface area contributed by atoms with E-state index in [4.69, 9.17) is 25.8 Å². The first kappa shape index (κ1) is 14.2. The van der Waals surface area contributed by atoms with Gasteiger partial charge in [-0.15, -0.1) is 0 Å². The van der Waals surface area contributed by atoms with Gasteiger partial charge in [-0.25, -0.2) is 0 Å². The standard InChI is InChI=1S/C15H16ClNO4/c16-12-9-11(10-13-15(12)21-8-7-20-13)1-2-14(18)17-3-5-19-6-4-17/h1-2,9-10H,3-8H2/b2-1+. The molecule has 2 aliphatic heterocycles. The highest BCUT2D eigenvalue weighted by molar-refractivity contribution is 6.32. The smallest absolute Gasteiger partial charge is 0.246 e. The van der Waals surface area contributed by atoms with E-state index in [1.807, 2.05) is 6.07 Å². The van der Waals surface area contributed by atoms with Crippen LogP contribution in [0.25, 0.3) is 6.08 Å². The van der Waals surface area contributed by atoms with Crippen molar-refractivity contribution in [2.45, 2.75) is 0 Å². The summed E-state index contributed by atoms with van der Waals surface area (Å²) in [6.45, 7) is 3.45. The predicted molar refractivity (Wildman–Crippen MR) is 78.9 cm³/mol. The summed E-state index contributed by atoms with van der Waals surface area (Å²) in [5.74, 6) is 1.16. The Morgan fingerprint density at radius 3 is 2.71 bits per heavy atom. The maximum absolute atomic E-state index is 12.0. The van der Waals surface area contributed by atoms with Gasteiger partial charge in [0.15, 0.2) is 11.5 Å². The Morgan fingerprint density at radius 1 is 1.14 bits per heavy atom. The van der Waals surface area contributed by atoms with E-state index in [2.05, 4.69) is 0 Å². The van der Waals surface area contributed by atoms with Crippen LogP contribution in [0.1, 0.15) is 5.56 Å². The molecular weight excluding hydrogens is 294 g/mol. The van der Waals surface area contributed by atoms with E-state index in [1.165, 1.54) is 0 Å². The molecule has 1 aromatic carbocycles. The first-order valence-corrected chi connectivity index (χ1v) is 7.26. The highest BCUT2D eigenvalue weighted by atomic mass is 35.5. The van der Waals surface area contributed by atoms with Gasteiger partial charge in [0, 0.05) is 19.2 Å². The quantitative estimate of drug-likeness (QED) is 0.784. The monoisotopic (exact) mass is 309 g/mol. The molecule has 1 saturated heterocycles. The van der Waals surface area contributed by atoms with Crippen molar-refractivity contribution >= 4 is 23.6 Å². The Morgan fingerprint density at radius 2 is 1.90 bits per heavy atom. The Kier molecular flexibility index (Phi) is 4.31. The number of nitrogens with zero attached hydrogens (tertiary/aromatic N) is 1. The van der Waals surface area contributed by atoms with E-state index in [-0.39, 0.29) is 5.91 Å². The number of fused-ring (bicyclic) bond motifs is 1. The number of halogens is 1. The molecule has 2 aliphatic rings. The van der Waals surface area contributed by atoms with Crippen LogP contribution in [0, 0.1) is 0 Å². The Bertz CT molecular complexity index is 567. The normalized spacial score (nSPS) is 18.0. The Labute approximate surface area is 128 Å². The highest BCUT2D eigenvalue weighted by Crippen LogP contribution is 2.38. The summed E-state index contributed by atoms with van der Waals surface area (Å²) in [5, 5.41) is 0.491. The molecular formula is C15H16ClNO4. The Balaban J connectivity index is 1.73. The zero-order valence-electron chi connectivity index (χ0n) is 11.5. The molecule has 0 radical (unpaired) electrons. The first-order chi connectivity index (χ1) is 10.2. The van der Waals surface area contributed by atoms with Crippen LogP contribution in [0.4, 0.5) is 0 Å². The molecule has 0 saturated carbocycles. The van der Waals surface area contributed by atoms with Gasteiger partial charge in [0.05, 0.1) is 18.2 Å². The van der Waals surface area contributed by atoms with E-state index in [0.29, 0.717) is 56.0 Å². The molecule has 0 spiro atoms. The van der Waals surface area contributed by atoms with Gasteiger partial charge in [0.2, 0.25) is 5.91 Å². The zero-order chi connectivity index (χ0) is 14.7. The van der Waals surface area contributed by atoms with Gasteiger partial charge < -0.3 is 19.1 Å². The van der Waals surface area contributed by atoms with Gasteiger partial charge in [-0.05, 0) is 23.8 Å². The van der Waals surface area contributed by atoms with Gasteiger partial charge >= 0.3 is 0 Å². The molecule has 6 heteroatoms. The topological polar surface area (TPSA) is 48.0 Å². The lowest BCUT2D eigenvalue weighted by Gasteiger charge is -2.25. The molecule has 0 unspecified atom stereocenters. The van der Waals surface area contributed by atoms with Gasteiger partial charge in [-0.1, -0.05) is 11.6 Å². The number of hydrogen-bond donors (Lipinski definition) is 0. The summed E-state index contributed by atoms with van der Waals surface area (Å²) in [6.07, 6.45) is 3.29. The average Bonchev–Trinajstić information content (AvgIpc) is 2.53. The minimum Gasteiger partial charge on any atom is -0.486 e. The third kappa shape index (κ3) is 3.31. The molecule has 0 bridgehead atoms. The zero-order valence-corrected chi connectivity index (χ0v) is 12.3. The van der Waals surface area contributed by atoms with Crippen molar-refractivity contribution in [3.05, 3.63) is 28.8 Å². The van der Waals surface area contributed by atoms with Gasteiger partial charge in [0.1, 0.15) is 13.2 Å². The average molecular weight is 310 g/mol. The summed E-state index contributed by atoms with van der Waals surface area (Å²) < 4.78 is 16.2. The summed E-state index contributed by atoms with van der Waals surface area (Å²) in [4.78, 5) is 13.8. The molecule has 0 atom stereocenters. The second-order valence-corrected chi connectivity index (χ2v) is 5.21. The van der Waals surface area contributed by atoms with Gasteiger partial charge in [-0.3, -0.25) is 4.79 Å². The van der Waals surface area contributed by atoms with Crippen LogP contribution in [0.15, 0.2) is 18.2 Å². The van der Waals surface area contributed by atoms with E-state index in [0.717, 1.165) is 5.56 Å². The third-order valence-electron chi connectivity index (χ3n) is 3.36. The number of rotatable bonds is 2. The fourth-order valence-corrected chi connectivity index (χ4v) is 2.56. The van der Waals surface area contributed by atoms with Crippen LogP contribution in [-0.4, -0.2) is 50.3 Å². The van der Waals surface area contributed by atoms with Crippen LogP contribution in [0.5, 0.6) is 11.5 Å². The second kappa shape index (κ2) is 6.37. The van der Waals surface area contributed by atoms with Crippen molar-refractivity contribution in [2.24, 2.45) is 0 Å². The lowest BCUT2D eigenvalue weighted by Crippen LogP contribution is -2.39. The molecule has 112 valence electrons. The van der Waals surface area contributed by atoms with E-state index in [9.17, 15) is 4.79 Å². The number of carbonyl (C=O) groups is 1. The van der Waals surface area contributed by atoms with Crippen LogP contribution in [0.3, 0.4) is 0 Å². The minimum absolute atomic E-state index is 0.0238. The van der Waals surface area contributed by atoms with Crippen molar-refractivity contribution in [1.82, 2.24) is 4.90 Å². The molecule has 21 heavy (non-hydrogen) atoms. The molecule has 1 aromatic rings. The number of hydrogen-bond acceptors (Lipinski definition) is 4. The van der Waals surface area contributed by atoms with E-state index < -0.39 is 0 Å². The molecule has 0 aliphatic carbocycles. The fourth-order valence-electron chi connectivity index (χ4n) is 2.28. The number of morpholine rings is 1. The number of benzene rings is 1. The lowest BCUT2D eigenvalue weighted by atomic mass is 10.1. The van der Waals surface area contributed by atoms with Gasteiger partial charge in [-0.2, -0.15) is 0 Å². The summed E-state index contributed by atoms with van der Waals surface area (Å²) in [7, 11) is 0. The molecule has 5 nitrogen and oxygen atoms in total. The van der Waals surface area contributed by atoms with Crippen LogP contribution in [0.2, 0.25) is 5.02 Å². The van der Waals surface area contributed by atoms with Crippen molar-refractivity contribution < 1.29 is 19.0 Å². The predicted octanol–water partition coefficient (Wildman–Crippen LogP) is 1.98. The highest BCUT2D eigenvalue weighted by Gasteiger charge is 2.17. The van der Waals surface area contributed by atoms with Crippen LogP contribution in [-0.2, 0) is 9.53 Å². The summed E-state index contributed by atoms with van der Waals surface area (Å²) in [6, 6.07) is 3.58. The SMILES string of the molecule is O=C(/C=C/c1cc(Cl)c2c(c1)OCCO2)N1CCOCC1. The number of carbonyl (C=O) groups excluding carboxylic acids is 1. The molecule has 1 amide bonds. The maximum Gasteiger partial charge on any atom is 0.246 e.